The molecule has 3 atom stereocenters. The normalized spacial score (nSPS) is 27.0. The van der Waals surface area contributed by atoms with Gasteiger partial charge in [0.2, 0.25) is 5.91 Å². The van der Waals surface area contributed by atoms with Crippen LogP contribution in [0.1, 0.15) is 37.7 Å². The molecule has 0 radical (unpaired) electrons. The van der Waals surface area contributed by atoms with Crippen LogP contribution in [0.2, 0.25) is 0 Å². The van der Waals surface area contributed by atoms with Crippen molar-refractivity contribution in [2.24, 2.45) is 13.0 Å². The van der Waals surface area contributed by atoms with Crippen LogP contribution >= 0.6 is 0 Å². The number of amides is 1. The molecule has 2 saturated heterocycles. The third kappa shape index (κ3) is 4.12. The maximum Gasteiger partial charge on any atom is 0.225 e. The highest BCUT2D eigenvalue weighted by Crippen LogP contribution is 2.28. The summed E-state index contributed by atoms with van der Waals surface area (Å²) >= 11 is 0. The predicted octanol–water partition coefficient (Wildman–Crippen LogP) is 0.714. The Balaban J connectivity index is 1.54. The summed E-state index contributed by atoms with van der Waals surface area (Å²) in [4.78, 5) is 15.2. The molecule has 1 amide bonds. The molecule has 0 aliphatic carbocycles. The Labute approximate surface area is 138 Å². The van der Waals surface area contributed by atoms with Gasteiger partial charge in [0.1, 0.15) is 0 Å². The summed E-state index contributed by atoms with van der Waals surface area (Å²) in [7, 11) is 1.92. The molecule has 2 aliphatic heterocycles. The van der Waals surface area contributed by atoms with E-state index in [1.54, 1.807) is 0 Å². The molecule has 23 heavy (non-hydrogen) atoms. The average molecular weight is 319 g/mol. The van der Waals surface area contributed by atoms with Crippen LogP contribution < -0.4 is 10.6 Å². The molecule has 2 aliphatic rings. The van der Waals surface area contributed by atoms with Crippen molar-refractivity contribution >= 4 is 5.91 Å². The first-order chi connectivity index (χ1) is 11.1. The van der Waals surface area contributed by atoms with Gasteiger partial charge in [-0.25, -0.2) is 0 Å². The second-order valence-corrected chi connectivity index (χ2v) is 7.09. The van der Waals surface area contributed by atoms with Gasteiger partial charge in [0.25, 0.3) is 0 Å². The molecule has 1 aromatic heterocycles. The highest BCUT2D eigenvalue weighted by Gasteiger charge is 2.35. The van der Waals surface area contributed by atoms with Crippen molar-refractivity contribution in [3.63, 3.8) is 0 Å². The molecule has 1 unspecified atom stereocenters. The van der Waals surface area contributed by atoms with E-state index in [2.05, 4.69) is 27.6 Å². The monoisotopic (exact) mass is 319 g/mol. The van der Waals surface area contributed by atoms with Crippen molar-refractivity contribution in [2.75, 3.05) is 32.7 Å². The number of carbonyl (C=O) groups excluding carboxylic acids is 1. The molecule has 128 valence electrons. The van der Waals surface area contributed by atoms with Crippen LogP contribution in [-0.4, -0.2) is 59.4 Å². The van der Waals surface area contributed by atoms with Gasteiger partial charge in [-0.3, -0.25) is 9.48 Å². The summed E-state index contributed by atoms with van der Waals surface area (Å²) in [5.74, 6) is 0.405. The molecule has 3 rings (SSSR count). The fourth-order valence-corrected chi connectivity index (χ4v) is 3.86. The van der Waals surface area contributed by atoms with E-state index >= 15 is 0 Å². The number of aryl methyl sites for hydroxylation is 1. The van der Waals surface area contributed by atoms with E-state index < -0.39 is 0 Å². The summed E-state index contributed by atoms with van der Waals surface area (Å²) in [6.45, 7) is 7.02. The summed E-state index contributed by atoms with van der Waals surface area (Å²) < 4.78 is 1.81. The Bertz CT molecular complexity index is 523. The van der Waals surface area contributed by atoms with Crippen LogP contribution in [0.15, 0.2) is 12.4 Å². The quantitative estimate of drug-likeness (QED) is 0.839. The van der Waals surface area contributed by atoms with Crippen molar-refractivity contribution < 1.29 is 4.79 Å². The van der Waals surface area contributed by atoms with Crippen molar-refractivity contribution in [3.05, 3.63) is 18.0 Å². The number of aromatic nitrogens is 2. The summed E-state index contributed by atoms with van der Waals surface area (Å²) in [5.41, 5.74) is 1.15. The molecule has 0 bridgehead atoms. The van der Waals surface area contributed by atoms with Crippen LogP contribution in [-0.2, 0) is 11.8 Å². The van der Waals surface area contributed by atoms with Gasteiger partial charge in [0.05, 0.1) is 12.1 Å². The Kier molecular flexibility index (Phi) is 5.33. The maximum absolute atomic E-state index is 12.7. The van der Waals surface area contributed by atoms with Crippen molar-refractivity contribution in [1.29, 1.82) is 0 Å². The van der Waals surface area contributed by atoms with E-state index in [-0.39, 0.29) is 23.8 Å². The third-order valence-corrected chi connectivity index (χ3v) is 5.07. The first-order valence-electron chi connectivity index (χ1n) is 8.85. The van der Waals surface area contributed by atoms with E-state index in [0.717, 1.165) is 25.2 Å². The van der Waals surface area contributed by atoms with E-state index in [0.29, 0.717) is 0 Å². The number of likely N-dealkylation sites (tertiary alicyclic amines) is 1. The lowest BCUT2D eigenvalue weighted by atomic mass is 9.90. The van der Waals surface area contributed by atoms with Gasteiger partial charge in [-0.15, -0.1) is 0 Å². The van der Waals surface area contributed by atoms with E-state index in [9.17, 15) is 4.79 Å². The standard InChI is InChI=1S/C17H29N5O/c1-13(11-22-6-4-3-5-7-22)20-17(23)16-10-18-9-15(16)14-8-19-21(2)12-14/h8,12-13,15-16,18H,3-7,9-11H2,1-2H3,(H,20,23)/t13?,15-,16+/m1/s1. The zero-order valence-electron chi connectivity index (χ0n) is 14.3. The molecule has 6 nitrogen and oxygen atoms in total. The largest absolute Gasteiger partial charge is 0.352 e. The lowest BCUT2D eigenvalue weighted by Crippen LogP contribution is -2.46. The first-order valence-corrected chi connectivity index (χ1v) is 8.85. The van der Waals surface area contributed by atoms with Crippen LogP contribution in [0.5, 0.6) is 0 Å². The topological polar surface area (TPSA) is 62.2 Å². The Morgan fingerprint density at radius 2 is 2.17 bits per heavy atom. The molecule has 0 spiro atoms. The van der Waals surface area contributed by atoms with Crippen molar-refractivity contribution in [1.82, 2.24) is 25.3 Å². The van der Waals surface area contributed by atoms with Gasteiger partial charge < -0.3 is 15.5 Å². The van der Waals surface area contributed by atoms with Gasteiger partial charge in [-0.1, -0.05) is 6.42 Å². The van der Waals surface area contributed by atoms with Gasteiger partial charge in [0, 0.05) is 44.8 Å². The molecular weight excluding hydrogens is 290 g/mol. The SMILES string of the molecule is CC(CN1CCCCC1)NC(=O)[C@H]1CNC[C@@H]1c1cnn(C)c1. The summed E-state index contributed by atoms with van der Waals surface area (Å²) in [5, 5.41) is 10.8. The number of nitrogens with one attached hydrogen (secondary N) is 2. The number of hydrogen-bond acceptors (Lipinski definition) is 4. The van der Waals surface area contributed by atoms with Gasteiger partial charge in [-0.2, -0.15) is 5.10 Å². The molecule has 1 aromatic rings. The Morgan fingerprint density at radius 1 is 1.39 bits per heavy atom. The average Bonchev–Trinajstić information content (AvgIpc) is 3.16. The molecule has 0 saturated carbocycles. The number of hydrogen-bond donors (Lipinski definition) is 2. The van der Waals surface area contributed by atoms with Crippen molar-refractivity contribution in [3.8, 4) is 0 Å². The van der Waals surface area contributed by atoms with Crippen LogP contribution in [0, 0.1) is 5.92 Å². The summed E-state index contributed by atoms with van der Waals surface area (Å²) in [6.07, 6.45) is 7.83. The van der Waals surface area contributed by atoms with Gasteiger partial charge >= 0.3 is 0 Å². The smallest absolute Gasteiger partial charge is 0.225 e. The molecule has 0 aromatic carbocycles. The number of rotatable bonds is 5. The molecule has 6 heteroatoms. The molecule has 2 N–H and O–H groups in total. The number of nitrogens with zero attached hydrogens (tertiary/aromatic N) is 3. The zero-order chi connectivity index (χ0) is 16.2. The third-order valence-electron chi connectivity index (χ3n) is 5.07. The first kappa shape index (κ1) is 16.5. The number of carbonyl (C=O) groups is 1. The minimum atomic E-state index is 0.00278. The van der Waals surface area contributed by atoms with Crippen LogP contribution in [0.4, 0.5) is 0 Å². The van der Waals surface area contributed by atoms with Gasteiger partial charge in [0.15, 0.2) is 0 Å². The summed E-state index contributed by atoms with van der Waals surface area (Å²) in [6, 6.07) is 0.204. The highest BCUT2D eigenvalue weighted by molar-refractivity contribution is 5.80. The maximum atomic E-state index is 12.7. The van der Waals surface area contributed by atoms with E-state index in [1.807, 2.05) is 24.1 Å². The lowest BCUT2D eigenvalue weighted by molar-refractivity contribution is -0.125. The van der Waals surface area contributed by atoms with Crippen LogP contribution in [0.3, 0.4) is 0 Å². The van der Waals surface area contributed by atoms with E-state index in [4.69, 9.17) is 0 Å². The minimum Gasteiger partial charge on any atom is -0.352 e. The van der Waals surface area contributed by atoms with E-state index in [1.165, 1.54) is 32.4 Å². The number of piperidine rings is 1. The minimum absolute atomic E-state index is 0.00278. The Morgan fingerprint density at radius 3 is 2.87 bits per heavy atom. The van der Waals surface area contributed by atoms with Crippen molar-refractivity contribution in [2.45, 2.75) is 38.1 Å². The predicted molar refractivity (Wildman–Crippen MR) is 90.2 cm³/mol. The zero-order valence-corrected chi connectivity index (χ0v) is 14.3. The second-order valence-electron chi connectivity index (χ2n) is 7.09. The molecular formula is C17H29N5O. The Hall–Kier alpha value is -1.40. The van der Waals surface area contributed by atoms with Gasteiger partial charge in [-0.05, 0) is 38.4 Å². The van der Waals surface area contributed by atoms with Crippen LogP contribution in [0.25, 0.3) is 0 Å². The molecule has 2 fully saturated rings. The molecule has 3 heterocycles. The fraction of sp³-hybridized carbons (Fsp3) is 0.765. The fourth-order valence-electron chi connectivity index (χ4n) is 3.86. The highest BCUT2D eigenvalue weighted by atomic mass is 16.2. The lowest BCUT2D eigenvalue weighted by Gasteiger charge is -2.30. The second kappa shape index (κ2) is 7.45.